The molecule has 2 saturated heterocycles. The van der Waals surface area contributed by atoms with Gasteiger partial charge in [-0.05, 0) is 19.8 Å². The first-order chi connectivity index (χ1) is 9.56. The van der Waals surface area contributed by atoms with Crippen LogP contribution >= 0.6 is 0 Å². The van der Waals surface area contributed by atoms with Gasteiger partial charge in [0.15, 0.2) is 5.78 Å². The van der Waals surface area contributed by atoms with Gasteiger partial charge in [0, 0.05) is 37.5 Å². The number of rotatable bonds is 4. The van der Waals surface area contributed by atoms with E-state index in [9.17, 15) is 9.59 Å². The van der Waals surface area contributed by atoms with Crippen molar-refractivity contribution in [2.75, 3.05) is 7.05 Å². The smallest absolute Gasteiger partial charge is 0.203 e. The standard InChI is InChI=1S/C18H32NO2/c1-12(2)19(6)14-7-8-15(19)10-13(9-14)11-16(20)17(21)18(3,4)5/h12-15H,7-11H2,1-6H3/q+1. The number of nitrogens with zero attached hydrogens (tertiary/aromatic N) is 1. The fourth-order valence-electron chi connectivity index (χ4n) is 4.58. The molecule has 2 aliphatic heterocycles. The lowest BCUT2D eigenvalue weighted by molar-refractivity contribution is -0.968. The lowest BCUT2D eigenvalue weighted by Crippen LogP contribution is -2.61. The number of hydrogen-bond acceptors (Lipinski definition) is 2. The lowest BCUT2D eigenvalue weighted by atomic mass is 9.80. The van der Waals surface area contributed by atoms with E-state index in [1.165, 1.54) is 17.3 Å². The molecule has 2 fully saturated rings. The van der Waals surface area contributed by atoms with Crippen molar-refractivity contribution in [2.24, 2.45) is 11.3 Å². The minimum atomic E-state index is -0.534. The Morgan fingerprint density at radius 1 is 1.10 bits per heavy atom. The third-order valence-corrected chi connectivity index (χ3v) is 6.14. The van der Waals surface area contributed by atoms with Gasteiger partial charge in [0.25, 0.3) is 0 Å². The molecule has 3 heteroatoms. The summed E-state index contributed by atoms with van der Waals surface area (Å²) >= 11 is 0. The van der Waals surface area contributed by atoms with Crippen molar-refractivity contribution in [2.45, 2.75) is 84.8 Å². The first kappa shape index (κ1) is 16.7. The molecular formula is C18H32NO2+. The maximum absolute atomic E-state index is 12.2. The molecule has 2 heterocycles. The molecule has 0 N–H and O–H groups in total. The van der Waals surface area contributed by atoms with E-state index in [2.05, 4.69) is 20.9 Å². The molecule has 0 aromatic rings. The average molecular weight is 294 g/mol. The van der Waals surface area contributed by atoms with Gasteiger partial charge in [0.2, 0.25) is 5.78 Å². The van der Waals surface area contributed by atoms with Crippen LogP contribution in [0.15, 0.2) is 0 Å². The number of piperidine rings is 1. The van der Waals surface area contributed by atoms with E-state index in [1.807, 2.05) is 20.8 Å². The molecule has 0 aromatic carbocycles. The Balaban J connectivity index is 2.01. The molecule has 120 valence electrons. The number of fused-ring (bicyclic) bond motifs is 2. The van der Waals surface area contributed by atoms with Crippen LogP contribution in [0, 0.1) is 11.3 Å². The van der Waals surface area contributed by atoms with E-state index in [-0.39, 0.29) is 11.6 Å². The lowest BCUT2D eigenvalue weighted by Gasteiger charge is -2.50. The van der Waals surface area contributed by atoms with Crippen molar-refractivity contribution in [3.63, 3.8) is 0 Å². The van der Waals surface area contributed by atoms with Crippen molar-refractivity contribution in [3.8, 4) is 0 Å². The van der Waals surface area contributed by atoms with Gasteiger partial charge in [-0.1, -0.05) is 20.8 Å². The zero-order chi connectivity index (χ0) is 16.0. The van der Waals surface area contributed by atoms with Crippen LogP contribution in [0.2, 0.25) is 0 Å². The molecule has 21 heavy (non-hydrogen) atoms. The Bertz CT molecular complexity index is 419. The average Bonchev–Trinajstić information content (AvgIpc) is 2.57. The number of carbonyl (C=O) groups is 2. The Hall–Kier alpha value is -0.700. The third kappa shape index (κ3) is 2.94. The molecule has 2 atom stereocenters. The fraction of sp³-hybridized carbons (Fsp3) is 0.889. The topological polar surface area (TPSA) is 34.1 Å². The number of quaternary nitrogens is 1. The summed E-state index contributed by atoms with van der Waals surface area (Å²) in [6.45, 7) is 10.2. The van der Waals surface area contributed by atoms with Gasteiger partial charge in [-0.2, -0.15) is 0 Å². The Morgan fingerprint density at radius 3 is 1.95 bits per heavy atom. The molecule has 2 rings (SSSR count). The normalized spacial score (nSPS) is 36.0. The highest BCUT2D eigenvalue weighted by molar-refractivity contribution is 6.38. The number of Topliss-reactive ketones (excluding diaryl/α,β-unsaturated/α-hetero) is 2. The van der Waals surface area contributed by atoms with Crippen molar-refractivity contribution >= 4 is 11.6 Å². The molecule has 0 aromatic heterocycles. The largest absolute Gasteiger partial charge is 0.319 e. The second-order valence-corrected chi connectivity index (χ2v) is 8.74. The first-order valence-electron chi connectivity index (χ1n) is 8.50. The third-order valence-electron chi connectivity index (χ3n) is 6.14. The number of carbonyl (C=O) groups excluding carboxylic acids is 2. The van der Waals surface area contributed by atoms with Gasteiger partial charge in [-0.25, -0.2) is 0 Å². The van der Waals surface area contributed by atoms with Crippen LogP contribution < -0.4 is 0 Å². The van der Waals surface area contributed by atoms with Crippen LogP contribution in [0.5, 0.6) is 0 Å². The summed E-state index contributed by atoms with van der Waals surface area (Å²) in [5.41, 5.74) is -0.534. The molecule has 0 aliphatic carbocycles. The van der Waals surface area contributed by atoms with E-state index in [1.54, 1.807) is 0 Å². The zero-order valence-corrected chi connectivity index (χ0v) is 14.6. The molecule has 0 amide bonds. The van der Waals surface area contributed by atoms with Gasteiger partial charge < -0.3 is 4.48 Å². The van der Waals surface area contributed by atoms with Crippen molar-refractivity contribution < 1.29 is 14.1 Å². The minimum absolute atomic E-state index is 0.146. The van der Waals surface area contributed by atoms with Crippen molar-refractivity contribution in [1.29, 1.82) is 0 Å². The number of hydrogen-bond donors (Lipinski definition) is 0. The predicted molar refractivity (Wildman–Crippen MR) is 84.9 cm³/mol. The van der Waals surface area contributed by atoms with E-state index in [0.717, 1.165) is 12.8 Å². The van der Waals surface area contributed by atoms with E-state index >= 15 is 0 Å². The van der Waals surface area contributed by atoms with Gasteiger partial charge in [-0.15, -0.1) is 0 Å². The van der Waals surface area contributed by atoms with Crippen molar-refractivity contribution in [1.82, 2.24) is 0 Å². The summed E-state index contributed by atoms with van der Waals surface area (Å²) in [5, 5.41) is 0. The molecule has 0 radical (unpaired) electrons. The zero-order valence-electron chi connectivity index (χ0n) is 14.6. The summed E-state index contributed by atoms with van der Waals surface area (Å²) in [4.78, 5) is 24.3. The second-order valence-electron chi connectivity index (χ2n) is 8.74. The van der Waals surface area contributed by atoms with E-state index in [0.29, 0.717) is 30.5 Å². The summed E-state index contributed by atoms with van der Waals surface area (Å²) in [5.74, 6) is 0.0836. The van der Waals surface area contributed by atoms with Crippen molar-refractivity contribution in [3.05, 3.63) is 0 Å². The van der Waals surface area contributed by atoms with E-state index < -0.39 is 5.41 Å². The summed E-state index contributed by atoms with van der Waals surface area (Å²) in [6.07, 6.45) is 5.29. The Labute approximate surface area is 129 Å². The molecular weight excluding hydrogens is 262 g/mol. The number of ketones is 2. The van der Waals surface area contributed by atoms with Crippen LogP contribution in [0.3, 0.4) is 0 Å². The van der Waals surface area contributed by atoms with Gasteiger partial charge in [0.1, 0.15) is 0 Å². The van der Waals surface area contributed by atoms with Gasteiger partial charge >= 0.3 is 0 Å². The fourth-order valence-corrected chi connectivity index (χ4v) is 4.58. The predicted octanol–water partition coefficient (Wildman–Crippen LogP) is 3.36. The van der Waals surface area contributed by atoms with Crippen LogP contribution in [-0.4, -0.2) is 41.2 Å². The molecule has 0 spiro atoms. The summed E-state index contributed by atoms with van der Waals surface area (Å²) in [6, 6.07) is 2.02. The molecule has 0 saturated carbocycles. The van der Waals surface area contributed by atoms with Crippen LogP contribution in [0.1, 0.15) is 66.7 Å². The van der Waals surface area contributed by atoms with Crippen LogP contribution in [0.25, 0.3) is 0 Å². The molecule has 2 bridgehead atoms. The Morgan fingerprint density at radius 2 is 1.57 bits per heavy atom. The van der Waals surface area contributed by atoms with E-state index in [4.69, 9.17) is 0 Å². The molecule has 3 nitrogen and oxygen atoms in total. The van der Waals surface area contributed by atoms with Gasteiger partial charge in [0.05, 0.1) is 25.2 Å². The maximum atomic E-state index is 12.2. The van der Waals surface area contributed by atoms with Crippen LogP contribution in [0.4, 0.5) is 0 Å². The monoisotopic (exact) mass is 294 g/mol. The minimum Gasteiger partial charge on any atom is -0.319 e. The highest BCUT2D eigenvalue weighted by Gasteiger charge is 2.53. The van der Waals surface area contributed by atoms with Gasteiger partial charge in [-0.3, -0.25) is 9.59 Å². The highest BCUT2D eigenvalue weighted by atomic mass is 16.2. The summed E-state index contributed by atoms with van der Waals surface area (Å²) < 4.78 is 1.18. The quantitative estimate of drug-likeness (QED) is 0.588. The summed E-state index contributed by atoms with van der Waals surface area (Å²) in [7, 11) is 2.39. The maximum Gasteiger partial charge on any atom is 0.203 e. The molecule has 2 aliphatic rings. The first-order valence-corrected chi connectivity index (χ1v) is 8.50. The SMILES string of the molecule is CC(C)[N+]1(C)C2CCC1CC(CC(=O)C(=O)C(C)(C)C)C2. The second kappa shape index (κ2) is 5.49. The molecule has 2 unspecified atom stereocenters. The highest BCUT2D eigenvalue weighted by Crippen LogP contribution is 2.46. The van der Waals surface area contributed by atoms with Crippen LogP contribution in [-0.2, 0) is 9.59 Å². The Kier molecular flexibility index (Phi) is 4.36.